The van der Waals surface area contributed by atoms with E-state index < -0.39 is 16.1 Å². The summed E-state index contributed by atoms with van der Waals surface area (Å²) in [6, 6.07) is 17.0. The van der Waals surface area contributed by atoms with Gasteiger partial charge in [0.15, 0.2) is 0 Å². The maximum atomic E-state index is 13.0. The minimum Gasteiger partial charge on any atom is -0.320 e. The number of rotatable bonds is 5. The first-order chi connectivity index (χ1) is 13.6. The number of aromatic nitrogens is 2. The fourth-order valence-corrected chi connectivity index (χ4v) is 5.80. The van der Waals surface area contributed by atoms with Crippen LogP contribution >= 0.6 is 11.3 Å². The Labute approximate surface area is 167 Å². The van der Waals surface area contributed by atoms with Crippen LogP contribution in [0.3, 0.4) is 0 Å². The summed E-state index contributed by atoms with van der Waals surface area (Å²) in [6.45, 7) is 0.424. The maximum absolute atomic E-state index is 13.0. The molecular formula is C19H18N4O3S2. The van der Waals surface area contributed by atoms with Gasteiger partial charge in [-0.3, -0.25) is 4.79 Å². The van der Waals surface area contributed by atoms with Gasteiger partial charge in [0.25, 0.3) is 5.91 Å². The molecule has 1 amide bonds. The van der Waals surface area contributed by atoms with Crippen molar-refractivity contribution in [1.29, 1.82) is 0 Å². The summed E-state index contributed by atoms with van der Waals surface area (Å²) in [5, 5.41) is 11.6. The second-order valence-electron chi connectivity index (χ2n) is 6.35. The number of hydrogen-bond acceptors (Lipinski definition) is 6. The van der Waals surface area contributed by atoms with E-state index in [0.29, 0.717) is 23.7 Å². The number of nitrogens with one attached hydrogen (secondary N) is 1. The quantitative estimate of drug-likeness (QED) is 0.691. The van der Waals surface area contributed by atoms with E-state index in [2.05, 4.69) is 15.5 Å². The van der Waals surface area contributed by atoms with E-state index >= 15 is 0 Å². The van der Waals surface area contributed by atoms with Gasteiger partial charge in [-0.1, -0.05) is 47.7 Å². The molecule has 2 heterocycles. The number of sulfonamides is 1. The third-order valence-electron chi connectivity index (χ3n) is 4.51. The number of nitrogens with zero attached hydrogens (tertiary/aromatic N) is 3. The minimum atomic E-state index is -3.62. The first kappa shape index (κ1) is 18.7. The molecule has 1 atom stereocenters. The van der Waals surface area contributed by atoms with Crippen LogP contribution in [0.15, 0.2) is 65.6 Å². The fourth-order valence-electron chi connectivity index (χ4n) is 3.17. The molecule has 144 valence electrons. The smallest absolute Gasteiger partial charge is 0.286 e. The molecule has 3 aromatic rings. The standard InChI is InChI=1S/C19H18N4O3S2/c24-17(20-14-8-3-1-4-9-14)19-22-21-18(27-19)16-12-7-13-23(16)28(25,26)15-10-5-2-6-11-15/h1-6,8-11,16H,7,12-13H2,(H,20,24). The lowest BCUT2D eigenvalue weighted by molar-refractivity contribution is 0.102. The van der Waals surface area contributed by atoms with Crippen molar-refractivity contribution in [1.82, 2.24) is 14.5 Å². The number of hydrogen-bond donors (Lipinski definition) is 1. The molecule has 7 nitrogen and oxygen atoms in total. The lowest BCUT2D eigenvalue weighted by Gasteiger charge is -2.22. The van der Waals surface area contributed by atoms with Crippen molar-refractivity contribution in [2.24, 2.45) is 0 Å². The Morgan fingerprint density at radius 2 is 1.71 bits per heavy atom. The van der Waals surface area contributed by atoms with Crippen molar-refractivity contribution in [2.45, 2.75) is 23.8 Å². The van der Waals surface area contributed by atoms with Crippen molar-refractivity contribution in [3.63, 3.8) is 0 Å². The van der Waals surface area contributed by atoms with Gasteiger partial charge in [0.1, 0.15) is 5.01 Å². The van der Waals surface area contributed by atoms with Gasteiger partial charge < -0.3 is 5.32 Å². The summed E-state index contributed by atoms with van der Waals surface area (Å²) in [5.74, 6) is -0.356. The van der Waals surface area contributed by atoms with E-state index in [-0.39, 0.29) is 15.8 Å². The highest BCUT2D eigenvalue weighted by atomic mass is 32.2. The molecule has 1 aliphatic rings. The SMILES string of the molecule is O=C(Nc1ccccc1)c1nnc(C2CCCN2S(=O)(=O)c2ccccc2)s1. The fraction of sp³-hybridized carbons (Fsp3) is 0.211. The maximum Gasteiger partial charge on any atom is 0.286 e. The summed E-state index contributed by atoms with van der Waals surface area (Å²) < 4.78 is 27.5. The van der Waals surface area contributed by atoms with E-state index in [0.717, 1.165) is 17.8 Å². The zero-order valence-electron chi connectivity index (χ0n) is 14.9. The minimum absolute atomic E-state index is 0.211. The van der Waals surface area contributed by atoms with Gasteiger partial charge >= 0.3 is 0 Å². The highest BCUT2D eigenvalue weighted by Gasteiger charge is 2.38. The summed E-state index contributed by atoms with van der Waals surface area (Å²) in [4.78, 5) is 12.7. The molecule has 1 aliphatic heterocycles. The Balaban J connectivity index is 1.55. The second-order valence-corrected chi connectivity index (χ2v) is 9.25. The molecule has 0 aliphatic carbocycles. The third kappa shape index (κ3) is 3.68. The van der Waals surface area contributed by atoms with Crippen molar-refractivity contribution in [3.8, 4) is 0 Å². The highest BCUT2D eigenvalue weighted by molar-refractivity contribution is 7.89. The predicted octanol–water partition coefficient (Wildman–Crippen LogP) is 3.32. The van der Waals surface area contributed by atoms with E-state index in [1.807, 2.05) is 18.2 Å². The first-order valence-corrected chi connectivity index (χ1v) is 11.1. The topological polar surface area (TPSA) is 92.3 Å². The van der Waals surface area contributed by atoms with Crippen LogP contribution < -0.4 is 5.32 Å². The van der Waals surface area contributed by atoms with Crippen molar-refractivity contribution >= 4 is 33.0 Å². The number of para-hydroxylation sites is 1. The highest BCUT2D eigenvalue weighted by Crippen LogP contribution is 2.37. The number of benzene rings is 2. The van der Waals surface area contributed by atoms with Crippen LogP contribution in [0, 0.1) is 0 Å². The van der Waals surface area contributed by atoms with Gasteiger partial charge in [-0.15, -0.1) is 10.2 Å². The molecule has 0 saturated carbocycles. The molecule has 1 saturated heterocycles. The normalized spacial score (nSPS) is 17.5. The number of anilines is 1. The molecule has 2 aromatic carbocycles. The molecule has 1 aromatic heterocycles. The molecule has 0 bridgehead atoms. The lowest BCUT2D eigenvalue weighted by atomic mass is 10.2. The number of amides is 1. The van der Waals surface area contributed by atoms with Gasteiger partial charge in [-0.2, -0.15) is 4.31 Å². The van der Waals surface area contributed by atoms with Crippen LogP contribution in [0.2, 0.25) is 0 Å². The van der Waals surface area contributed by atoms with Gasteiger partial charge in [0.2, 0.25) is 15.0 Å². The number of carbonyl (C=O) groups is 1. The molecule has 1 unspecified atom stereocenters. The van der Waals surface area contributed by atoms with Crippen molar-refractivity contribution in [3.05, 3.63) is 70.7 Å². The Morgan fingerprint density at radius 1 is 1.04 bits per heavy atom. The summed E-state index contributed by atoms with van der Waals surface area (Å²) in [6.07, 6.45) is 1.39. The Bertz CT molecular complexity index is 1070. The van der Waals surface area contributed by atoms with E-state index in [4.69, 9.17) is 0 Å². The van der Waals surface area contributed by atoms with E-state index in [1.54, 1.807) is 42.5 Å². The zero-order chi connectivity index (χ0) is 19.6. The van der Waals surface area contributed by atoms with Crippen LogP contribution in [-0.2, 0) is 10.0 Å². The molecule has 9 heteroatoms. The van der Waals surface area contributed by atoms with Gasteiger partial charge in [0.05, 0.1) is 10.9 Å². The van der Waals surface area contributed by atoms with E-state index in [1.165, 1.54) is 4.31 Å². The van der Waals surface area contributed by atoms with Crippen molar-refractivity contribution < 1.29 is 13.2 Å². The average molecular weight is 415 g/mol. The average Bonchev–Trinajstić information content (AvgIpc) is 3.39. The van der Waals surface area contributed by atoms with Crippen LogP contribution in [0.25, 0.3) is 0 Å². The Morgan fingerprint density at radius 3 is 2.43 bits per heavy atom. The summed E-state index contributed by atoms with van der Waals surface area (Å²) in [7, 11) is -3.62. The van der Waals surface area contributed by atoms with Gasteiger partial charge in [0, 0.05) is 12.2 Å². The lowest BCUT2D eigenvalue weighted by Crippen LogP contribution is -2.30. The Kier molecular flexibility index (Phi) is 5.21. The largest absolute Gasteiger partial charge is 0.320 e. The van der Waals surface area contributed by atoms with Crippen LogP contribution in [-0.4, -0.2) is 35.4 Å². The molecule has 28 heavy (non-hydrogen) atoms. The second kappa shape index (κ2) is 7.78. The molecule has 4 rings (SSSR count). The van der Waals surface area contributed by atoms with Crippen molar-refractivity contribution in [2.75, 3.05) is 11.9 Å². The van der Waals surface area contributed by atoms with Crippen LogP contribution in [0.5, 0.6) is 0 Å². The molecule has 1 N–H and O–H groups in total. The van der Waals surface area contributed by atoms with Crippen LogP contribution in [0.1, 0.15) is 33.7 Å². The van der Waals surface area contributed by atoms with Gasteiger partial charge in [-0.25, -0.2) is 8.42 Å². The summed E-state index contributed by atoms with van der Waals surface area (Å²) in [5.41, 5.74) is 0.665. The van der Waals surface area contributed by atoms with Crippen LogP contribution in [0.4, 0.5) is 5.69 Å². The third-order valence-corrected chi connectivity index (χ3v) is 7.45. The number of carbonyl (C=O) groups excluding carboxylic acids is 1. The first-order valence-electron chi connectivity index (χ1n) is 8.82. The molecule has 0 radical (unpaired) electrons. The monoisotopic (exact) mass is 414 g/mol. The predicted molar refractivity (Wildman–Crippen MR) is 107 cm³/mol. The molecule has 1 fully saturated rings. The molecule has 0 spiro atoms. The zero-order valence-corrected chi connectivity index (χ0v) is 16.5. The molecular weight excluding hydrogens is 396 g/mol. The summed E-state index contributed by atoms with van der Waals surface area (Å²) >= 11 is 1.13. The Hall–Kier alpha value is -2.62. The van der Waals surface area contributed by atoms with Gasteiger partial charge in [-0.05, 0) is 37.1 Å². The van der Waals surface area contributed by atoms with E-state index in [9.17, 15) is 13.2 Å².